The number of nitrogens with zero attached hydrogens (tertiary/aromatic N) is 2. The van der Waals surface area contributed by atoms with Gasteiger partial charge in [-0.25, -0.2) is 4.98 Å². The van der Waals surface area contributed by atoms with Crippen molar-refractivity contribution in [2.75, 3.05) is 29.9 Å². The summed E-state index contributed by atoms with van der Waals surface area (Å²) >= 11 is 0. The zero-order valence-corrected chi connectivity index (χ0v) is 11.6. The van der Waals surface area contributed by atoms with E-state index in [1.54, 1.807) is 6.20 Å². The van der Waals surface area contributed by atoms with E-state index in [0.717, 1.165) is 18.9 Å². The molecule has 0 atom stereocenters. The lowest BCUT2D eigenvalue weighted by Gasteiger charge is -2.16. The molecule has 0 unspecified atom stereocenters. The number of amides is 1. The van der Waals surface area contributed by atoms with Crippen LogP contribution in [-0.4, -0.2) is 30.5 Å². The van der Waals surface area contributed by atoms with Crippen molar-refractivity contribution in [1.82, 2.24) is 4.98 Å². The van der Waals surface area contributed by atoms with E-state index in [4.69, 9.17) is 5.73 Å². The largest absolute Gasteiger partial charge is 0.357 e. The number of nitrogens with two attached hydrogens (primary N) is 1. The first-order valence-corrected chi connectivity index (χ1v) is 5.50. The van der Waals surface area contributed by atoms with Gasteiger partial charge in [0.2, 0.25) is 5.91 Å². The SMILES string of the molecule is Cl.Cl.NCC(=O)Nc1ccc(N2CCCC2)nc1. The molecule has 5 nitrogen and oxygen atoms in total. The fraction of sp³-hybridized carbons (Fsp3) is 0.455. The highest BCUT2D eigenvalue weighted by Gasteiger charge is 2.12. The predicted octanol–water partition coefficient (Wildman–Crippen LogP) is 1.42. The Hall–Kier alpha value is -1.04. The second kappa shape index (κ2) is 8.13. The molecule has 0 aliphatic carbocycles. The van der Waals surface area contributed by atoms with E-state index >= 15 is 0 Å². The summed E-state index contributed by atoms with van der Waals surface area (Å²) in [5.41, 5.74) is 5.90. The molecule has 0 spiro atoms. The normalized spacial score (nSPS) is 13.5. The molecule has 7 heteroatoms. The molecule has 0 saturated carbocycles. The van der Waals surface area contributed by atoms with E-state index in [0.29, 0.717) is 5.69 Å². The quantitative estimate of drug-likeness (QED) is 0.884. The number of hydrogen-bond acceptors (Lipinski definition) is 4. The van der Waals surface area contributed by atoms with Crippen LogP contribution in [0.1, 0.15) is 12.8 Å². The maximum Gasteiger partial charge on any atom is 0.238 e. The minimum absolute atomic E-state index is 0. The Balaban J connectivity index is 0.00000144. The van der Waals surface area contributed by atoms with Crippen LogP contribution >= 0.6 is 24.8 Å². The molecule has 18 heavy (non-hydrogen) atoms. The third kappa shape index (κ3) is 4.33. The van der Waals surface area contributed by atoms with Gasteiger partial charge in [0, 0.05) is 13.1 Å². The summed E-state index contributed by atoms with van der Waals surface area (Å²) in [5, 5.41) is 2.66. The highest BCUT2D eigenvalue weighted by Crippen LogP contribution is 2.18. The molecule has 1 aliphatic heterocycles. The van der Waals surface area contributed by atoms with Crippen molar-refractivity contribution in [2.24, 2.45) is 5.73 Å². The molecule has 102 valence electrons. The van der Waals surface area contributed by atoms with Crippen LogP contribution in [0.25, 0.3) is 0 Å². The lowest BCUT2D eigenvalue weighted by molar-refractivity contribution is -0.114. The Morgan fingerprint density at radius 1 is 1.33 bits per heavy atom. The lowest BCUT2D eigenvalue weighted by atomic mass is 10.3. The van der Waals surface area contributed by atoms with Crippen LogP contribution in [0, 0.1) is 0 Å². The van der Waals surface area contributed by atoms with Gasteiger partial charge in [-0.1, -0.05) is 0 Å². The molecule has 1 aliphatic rings. The fourth-order valence-corrected chi connectivity index (χ4v) is 1.81. The van der Waals surface area contributed by atoms with Crippen molar-refractivity contribution in [3.8, 4) is 0 Å². The second-order valence-electron chi connectivity index (χ2n) is 3.85. The van der Waals surface area contributed by atoms with Crippen molar-refractivity contribution >= 4 is 42.2 Å². The third-order valence-corrected chi connectivity index (χ3v) is 2.65. The fourth-order valence-electron chi connectivity index (χ4n) is 1.81. The molecule has 1 fully saturated rings. The number of anilines is 2. The summed E-state index contributed by atoms with van der Waals surface area (Å²) in [6.45, 7) is 2.14. The highest BCUT2D eigenvalue weighted by molar-refractivity contribution is 5.91. The van der Waals surface area contributed by atoms with Gasteiger partial charge >= 0.3 is 0 Å². The van der Waals surface area contributed by atoms with Crippen molar-refractivity contribution in [1.29, 1.82) is 0 Å². The van der Waals surface area contributed by atoms with E-state index in [1.807, 2.05) is 12.1 Å². The molecule has 1 saturated heterocycles. The van der Waals surface area contributed by atoms with Crippen LogP contribution < -0.4 is 16.0 Å². The van der Waals surface area contributed by atoms with Gasteiger partial charge < -0.3 is 16.0 Å². The van der Waals surface area contributed by atoms with Crippen LogP contribution in [0.15, 0.2) is 18.3 Å². The Labute approximate surface area is 119 Å². The molecule has 1 aromatic rings. The van der Waals surface area contributed by atoms with E-state index in [1.165, 1.54) is 12.8 Å². The summed E-state index contributed by atoms with van der Waals surface area (Å²) in [6, 6.07) is 3.78. The third-order valence-electron chi connectivity index (χ3n) is 2.65. The molecular weight excluding hydrogens is 275 g/mol. The summed E-state index contributed by atoms with van der Waals surface area (Å²) in [7, 11) is 0. The van der Waals surface area contributed by atoms with Gasteiger partial charge in [0.15, 0.2) is 0 Å². The summed E-state index contributed by atoms with van der Waals surface area (Å²) in [5.74, 6) is 0.777. The standard InChI is InChI=1S/C11H16N4O.2ClH/c12-7-11(16)14-9-3-4-10(13-8-9)15-5-1-2-6-15;;/h3-4,8H,1-2,5-7,12H2,(H,14,16);2*1H. The zero-order valence-electron chi connectivity index (χ0n) is 9.96. The van der Waals surface area contributed by atoms with Gasteiger partial charge in [-0.3, -0.25) is 4.79 Å². The molecule has 0 bridgehead atoms. The summed E-state index contributed by atoms with van der Waals surface area (Å²) in [6.07, 6.45) is 4.13. The average molecular weight is 293 g/mol. The molecular formula is C11H18Cl2N4O. The van der Waals surface area contributed by atoms with Gasteiger partial charge in [-0.05, 0) is 25.0 Å². The van der Waals surface area contributed by atoms with Crippen LogP contribution in [0.3, 0.4) is 0 Å². The first kappa shape index (κ1) is 17.0. The minimum atomic E-state index is -0.198. The van der Waals surface area contributed by atoms with Gasteiger partial charge in [0.1, 0.15) is 5.82 Å². The zero-order chi connectivity index (χ0) is 11.4. The van der Waals surface area contributed by atoms with Gasteiger partial charge in [0.25, 0.3) is 0 Å². The van der Waals surface area contributed by atoms with Crippen LogP contribution in [-0.2, 0) is 4.79 Å². The van der Waals surface area contributed by atoms with E-state index in [-0.39, 0.29) is 37.3 Å². The topological polar surface area (TPSA) is 71.2 Å². The summed E-state index contributed by atoms with van der Waals surface area (Å²) in [4.78, 5) is 17.6. The van der Waals surface area contributed by atoms with E-state index < -0.39 is 0 Å². The maximum absolute atomic E-state index is 11.0. The molecule has 2 heterocycles. The molecule has 1 aromatic heterocycles. The van der Waals surface area contributed by atoms with Crippen LogP contribution in [0.2, 0.25) is 0 Å². The van der Waals surface area contributed by atoms with E-state index in [2.05, 4.69) is 15.2 Å². The van der Waals surface area contributed by atoms with Gasteiger partial charge in [0.05, 0.1) is 18.4 Å². The Morgan fingerprint density at radius 2 is 2.00 bits per heavy atom. The van der Waals surface area contributed by atoms with Crippen LogP contribution in [0.5, 0.6) is 0 Å². The Bertz CT molecular complexity index is 366. The van der Waals surface area contributed by atoms with Crippen molar-refractivity contribution in [3.63, 3.8) is 0 Å². The minimum Gasteiger partial charge on any atom is -0.357 e. The number of pyridine rings is 1. The number of aromatic nitrogens is 1. The molecule has 0 aromatic carbocycles. The van der Waals surface area contributed by atoms with Crippen molar-refractivity contribution in [3.05, 3.63) is 18.3 Å². The van der Waals surface area contributed by atoms with Crippen molar-refractivity contribution < 1.29 is 4.79 Å². The van der Waals surface area contributed by atoms with Crippen molar-refractivity contribution in [2.45, 2.75) is 12.8 Å². The number of carbonyl (C=O) groups is 1. The number of nitrogens with one attached hydrogen (secondary N) is 1. The molecule has 3 N–H and O–H groups in total. The molecule has 2 rings (SSSR count). The van der Waals surface area contributed by atoms with Gasteiger partial charge in [-0.15, -0.1) is 24.8 Å². The average Bonchev–Trinajstić information content (AvgIpc) is 2.83. The number of carbonyl (C=O) groups excluding carboxylic acids is 1. The highest BCUT2D eigenvalue weighted by atomic mass is 35.5. The second-order valence-corrected chi connectivity index (χ2v) is 3.85. The van der Waals surface area contributed by atoms with Gasteiger partial charge in [-0.2, -0.15) is 0 Å². The first-order valence-electron chi connectivity index (χ1n) is 5.50. The predicted molar refractivity (Wildman–Crippen MR) is 77.9 cm³/mol. The van der Waals surface area contributed by atoms with E-state index in [9.17, 15) is 4.79 Å². The number of rotatable bonds is 3. The summed E-state index contributed by atoms with van der Waals surface area (Å²) < 4.78 is 0. The lowest BCUT2D eigenvalue weighted by Crippen LogP contribution is -2.22. The molecule has 1 amide bonds. The monoisotopic (exact) mass is 292 g/mol. The smallest absolute Gasteiger partial charge is 0.238 e. The van der Waals surface area contributed by atoms with Crippen LogP contribution in [0.4, 0.5) is 11.5 Å². The molecule has 0 radical (unpaired) electrons. The Morgan fingerprint density at radius 3 is 2.50 bits per heavy atom. The maximum atomic E-state index is 11.0. The Kier molecular flexibility index (Phi) is 7.66. The number of halogens is 2. The number of hydrogen-bond donors (Lipinski definition) is 2. The first-order chi connectivity index (χ1) is 7.79.